The monoisotopic (exact) mass is 900 g/mol. The number of aliphatic hydroxyl groups is 2. The first kappa shape index (κ1) is 50.1. The van der Waals surface area contributed by atoms with Crippen LogP contribution in [0.2, 0.25) is 0 Å². The van der Waals surface area contributed by atoms with Crippen LogP contribution in [0.5, 0.6) is 0 Å². The van der Waals surface area contributed by atoms with Crippen molar-refractivity contribution in [3.63, 3.8) is 0 Å². The molecule has 4 N–H and O–H groups in total. The van der Waals surface area contributed by atoms with Gasteiger partial charge in [0.15, 0.2) is 11.6 Å². The Hall–Kier alpha value is -2.36. The number of carbonyl (C=O) groups is 3. The van der Waals surface area contributed by atoms with Gasteiger partial charge in [-0.3, -0.25) is 14.4 Å². The van der Waals surface area contributed by atoms with Gasteiger partial charge in [-0.1, -0.05) is 61.5 Å². The van der Waals surface area contributed by atoms with E-state index in [1.54, 1.807) is 18.7 Å². The van der Waals surface area contributed by atoms with E-state index in [1.165, 1.54) is 0 Å². The fraction of sp³-hybridized carbons (Fsp3) is 0.780. The molecule has 1 amide bonds. The summed E-state index contributed by atoms with van der Waals surface area (Å²) in [5.41, 5.74) is -1.21. The molecule has 1 aromatic rings. The highest BCUT2D eigenvalue weighted by Gasteiger charge is 2.63. The number of benzene rings is 1. The van der Waals surface area contributed by atoms with E-state index in [1.807, 2.05) is 84.2 Å². The van der Waals surface area contributed by atoms with Crippen molar-refractivity contribution in [1.29, 1.82) is 0 Å². The Morgan fingerprint density at radius 2 is 1.57 bits per heavy atom. The van der Waals surface area contributed by atoms with Gasteiger partial charge in [0.05, 0.1) is 53.7 Å². The minimum Gasteiger partial charge on any atom is -0.481 e. The van der Waals surface area contributed by atoms with Crippen LogP contribution in [0, 0.1) is 41.4 Å². The molecule has 1 aromatic carbocycles. The lowest BCUT2D eigenvalue weighted by molar-refractivity contribution is -0.397. The molecule has 2 spiro atoms. The van der Waals surface area contributed by atoms with Gasteiger partial charge in [-0.05, 0) is 120 Å². The highest BCUT2D eigenvalue weighted by atomic mass is 32.2. The molecular weight excluding hydrogens is 823 g/mol. The highest BCUT2D eigenvalue weighted by Crippen LogP contribution is 2.54. The molecule has 0 aliphatic carbocycles. The van der Waals surface area contributed by atoms with Crippen LogP contribution in [0.3, 0.4) is 0 Å². The molecule has 6 rings (SSSR count). The molecule has 0 bridgehead atoms. The summed E-state index contributed by atoms with van der Waals surface area (Å²) in [4.78, 5) is 41.7. The number of amides is 1. The second kappa shape index (κ2) is 19.9. The summed E-state index contributed by atoms with van der Waals surface area (Å²) in [5, 5.41) is 36.3. The Morgan fingerprint density at radius 1 is 0.889 bits per heavy atom. The van der Waals surface area contributed by atoms with Gasteiger partial charge < -0.3 is 44.3 Å². The summed E-state index contributed by atoms with van der Waals surface area (Å²) in [7, 11) is 0. The Kier molecular flexibility index (Phi) is 15.8. The number of carboxylic acid groups (broad SMARTS) is 1. The summed E-state index contributed by atoms with van der Waals surface area (Å²) in [6.07, 6.45) is 8.53. The molecule has 18 atom stereocenters. The van der Waals surface area contributed by atoms with Crippen LogP contribution in [-0.2, 0) is 33.3 Å². The smallest absolute Gasteiger partial charge is 0.309 e. The number of carboxylic acids is 1. The average Bonchev–Trinajstić information content (AvgIpc) is 3.61. The number of aliphatic carboxylic acids is 1. The second-order valence-corrected chi connectivity index (χ2v) is 21.0. The molecule has 13 heteroatoms. The van der Waals surface area contributed by atoms with Crippen molar-refractivity contribution in [3.05, 3.63) is 42.0 Å². The number of ether oxygens (including phenoxy) is 5. The van der Waals surface area contributed by atoms with Crippen LogP contribution in [0.15, 0.2) is 41.3 Å². The number of hydrogen-bond acceptors (Lipinski definition) is 11. The van der Waals surface area contributed by atoms with Crippen molar-refractivity contribution in [3.8, 4) is 0 Å². The highest BCUT2D eigenvalue weighted by molar-refractivity contribution is 7.98. The molecule has 4 fully saturated rings. The lowest BCUT2D eigenvalue weighted by Crippen LogP contribution is -2.65. The summed E-state index contributed by atoms with van der Waals surface area (Å²) < 4.78 is 34.7. The maximum atomic E-state index is 14.7. The maximum Gasteiger partial charge on any atom is 0.309 e. The molecular formula is C50H77NO11S. The summed E-state index contributed by atoms with van der Waals surface area (Å²) >= 11 is 1.61. The third-order valence-corrected chi connectivity index (χ3v) is 16.9. The second-order valence-electron chi connectivity index (χ2n) is 20.2. The first-order valence-electron chi connectivity index (χ1n) is 23.9. The zero-order valence-electron chi connectivity index (χ0n) is 39.6. The third-order valence-electron chi connectivity index (χ3n) is 16.1. The van der Waals surface area contributed by atoms with Gasteiger partial charge in [0.25, 0.3) is 5.91 Å². The first-order valence-corrected chi connectivity index (χ1v) is 25.1. The topological polar surface area (TPSA) is 170 Å². The maximum absolute atomic E-state index is 14.7. The fourth-order valence-electron chi connectivity index (χ4n) is 11.6. The number of ketones is 1. The van der Waals surface area contributed by atoms with Crippen LogP contribution in [0.1, 0.15) is 144 Å². The van der Waals surface area contributed by atoms with Crippen LogP contribution in [0.4, 0.5) is 0 Å². The van der Waals surface area contributed by atoms with Gasteiger partial charge in [-0.2, -0.15) is 0 Å². The van der Waals surface area contributed by atoms with E-state index < -0.39 is 89.0 Å². The lowest BCUT2D eigenvalue weighted by atomic mass is 9.72. The van der Waals surface area contributed by atoms with Gasteiger partial charge >= 0.3 is 5.97 Å². The standard InChI is InChI=1S/C50H77NO11S/c1-12-36(46(55)56)38-20-15-28(4)43(59-38)32(8)41(52)31(7)42(53)37(13-2)44-29(5)27-30(6)49(60-44)24-21-39(51-45(54)34-16-18-35(63-11)19-17-34)50(62-49)26-25-47(10,61-50)40-22-23-48(57,14-3)33(9)58-40/h16-19,21,24,28-33,36-41,43-44,52,57H,12-15,20,22-23,25-27H2,1-11H3,(H,51,54)(H,55,56)/t28-,29-,30+,31-,32-,33-,36+,37-,38+,39-,40+,41+,43+,44-,47-,48+,49-,50-/m0/s1. The fourth-order valence-corrected chi connectivity index (χ4v) is 12.0. The quantitative estimate of drug-likeness (QED) is 0.0982. The molecule has 4 saturated heterocycles. The number of nitrogens with one attached hydrogen (secondary N) is 1. The summed E-state index contributed by atoms with van der Waals surface area (Å²) in [6, 6.07) is 6.79. The molecule has 5 aliphatic rings. The molecule has 5 aliphatic heterocycles. The first-order chi connectivity index (χ1) is 29.7. The summed E-state index contributed by atoms with van der Waals surface area (Å²) in [5.74, 6) is -6.30. The SMILES string of the molecule is CC[C@@H](C(=O)[C@@H](C)[C@@H](O)[C@H](C)[C@@H]1O[C@@H]([C@@H](CC)C(=O)O)CC[C@@H]1C)[C@H]1O[C@]2(C=C[C@H](NC(=O)c3ccc(SC)cc3)[C@]3(CC[C@@](C)([C@H]4CC[C@](O)(CC)[C@H](C)O4)O3)O2)[C@H](C)C[C@@H]1C. The number of thioether (sulfide) groups is 1. The average molecular weight is 900 g/mol. The van der Waals surface area contributed by atoms with E-state index in [0.29, 0.717) is 63.4 Å². The molecule has 354 valence electrons. The normalized spacial score (nSPS) is 40.6. The Morgan fingerprint density at radius 3 is 2.17 bits per heavy atom. The van der Waals surface area contributed by atoms with Crippen LogP contribution >= 0.6 is 11.8 Å². The van der Waals surface area contributed by atoms with E-state index in [9.17, 15) is 29.7 Å². The number of carbonyl (C=O) groups excluding carboxylic acids is 2. The molecule has 12 nitrogen and oxygen atoms in total. The van der Waals surface area contributed by atoms with Crippen molar-refractivity contribution in [2.75, 3.05) is 6.26 Å². The number of aliphatic hydroxyl groups excluding tert-OH is 1. The van der Waals surface area contributed by atoms with E-state index in [2.05, 4.69) is 26.1 Å². The van der Waals surface area contributed by atoms with Crippen LogP contribution in [-0.4, -0.2) is 105 Å². The molecule has 0 unspecified atom stereocenters. The number of rotatable bonds is 15. The van der Waals surface area contributed by atoms with Crippen molar-refractivity contribution in [2.24, 2.45) is 41.4 Å². The lowest BCUT2D eigenvalue weighted by Gasteiger charge is -2.55. The number of hydrogen-bond donors (Lipinski definition) is 4. The van der Waals surface area contributed by atoms with Gasteiger partial charge in [0.2, 0.25) is 0 Å². The van der Waals surface area contributed by atoms with E-state index in [-0.39, 0.29) is 35.5 Å². The minimum atomic E-state index is -1.35. The molecule has 0 saturated carbocycles. The van der Waals surface area contributed by atoms with Crippen molar-refractivity contribution in [2.45, 2.75) is 204 Å². The molecule has 0 aromatic heterocycles. The van der Waals surface area contributed by atoms with Gasteiger partial charge in [0, 0.05) is 40.6 Å². The van der Waals surface area contributed by atoms with E-state index >= 15 is 0 Å². The minimum absolute atomic E-state index is 0.0235. The predicted octanol–water partition coefficient (Wildman–Crippen LogP) is 8.35. The predicted molar refractivity (Wildman–Crippen MR) is 242 cm³/mol. The van der Waals surface area contributed by atoms with Crippen LogP contribution in [0.25, 0.3) is 0 Å². The molecule has 63 heavy (non-hydrogen) atoms. The Balaban J connectivity index is 1.26. The summed E-state index contributed by atoms with van der Waals surface area (Å²) in [6.45, 7) is 19.7. The zero-order chi connectivity index (χ0) is 46.2. The third kappa shape index (κ3) is 9.88. The van der Waals surface area contributed by atoms with Crippen molar-refractivity contribution >= 4 is 29.4 Å². The van der Waals surface area contributed by atoms with Crippen LogP contribution < -0.4 is 5.32 Å². The van der Waals surface area contributed by atoms with Crippen molar-refractivity contribution < 1.29 is 53.4 Å². The molecule has 5 heterocycles. The van der Waals surface area contributed by atoms with E-state index in [0.717, 1.165) is 11.3 Å². The van der Waals surface area contributed by atoms with Gasteiger partial charge in [-0.15, -0.1) is 11.8 Å². The van der Waals surface area contributed by atoms with E-state index in [4.69, 9.17) is 23.7 Å². The van der Waals surface area contributed by atoms with Gasteiger partial charge in [0.1, 0.15) is 11.8 Å². The molecule has 0 radical (unpaired) electrons. The van der Waals surface area contributed by atoms with Gasteiger partial charge in [-0.25, -0.2) is 0 Å². The Bertz CT molecular complexity index is 1790. The zero-order valence-corrected chi connectivity index (χ0v) is 40.5. The largest absolute Gasteiger partial charge is 0.481 e. The number of Topliss-reactive ketones (excluding diaryl/α,β-unsaturated/α-hetero) is 1. The van der Waals surface area contributed by atoms with Crippen molar-refractivity contribution in [1.82, 2.24) is 5.32 Å². The Labute approximate surface area is 380 Å².